The molecule has 1 aliphatic heterocycles. The van der Waals surface area contributed by atoms with Crippen molar-refractivity contribution in [3.8, 4) is 0 Å². The van der Waals surface area contributed by atoms with E-state index >= 15 is 0 Å². The molecule has 1 heterocycles. The van der Waals surface area contributed by atoms with E-state index in [1.165, 1.54) is 5.56 Å². The fraction of sp³-hybridized carbons (Fsp3) is 0.400. The normalized spacial score (nSPS) is 15.5. The number of aryl methyl sites for hydroxylation is 1. The Hall–Kier alpha value is -2.36. The van der Waals surface area contributed by atoms with Crippen molar-refractivity contribution in [2.45, 2.75) is 39.2 Å². The first-order valence-electron chi connectivity index (χ1n) is 8.42. The summed E-state index contributed by atoms with van der Waals surface area (Å²) >= 11 is 0. The molecule has 1 aliphatic rings. The summed E-state index contributed by atoms with van der Waals surface area (Å²) in [4.78, 5) is 25.6. The van der Waals surface area contributed by atoms with Crippen molar-refractivity contribution in [1.82, 2.24) is 4.90 Å². The number of hydrogen-bond acceptors (Lipinski definition) is 3. The van der Waals surface area contributed by atoms with E-state index in [1.807, 2.05) is 18.2 Å². The minimum absolute atomic E-state index is 0.000698. The fourth-order valence-electron chi connectivity index (χ4n) is 2.58. The monoisotopic (exact) mass is 327 g/mol. The van der Waals surface area contributed by atoms with E-state index in [2.05, 4.69) is 25.6 Å². The zero-order valence-electron chi connectivity index (χ0n) is 14.5. The quantitative estimate of drug-likeness (QED) is 0.615. The summed E-state index contributed by atoms with van der Waals surface area (Å²) < 4.78 is 5.34. The topological polar surface area (TPSA) is 46.6 Å². The molecular formula is C20H25NO3. The third-order valence-electron chi connectivity index (χ3n) is 4.18. The zero-order valence-corrected chi connectivity index (χ0v) is 14.5. The maximum atomic E-state index is 12.2. The number of likely N-dealkylation sites (tertiary alicyclic amines) is 1. The maximum Gasteiger partial charge on any atom is 0.333 e. The van der Waals surface area contributed by atoms with Gasteiger partial charge in [-0.2, -0.15) is 0 Å². The van der Waals surface area contributed by atoms with Gasteiger partial charge in [0, 0.05) is 37.6 Å². The SMILES string of the molecule is C=C(C)C(=O)OC1CCN(C(=O)/C=C/c2ccc(CC)cc2)CC1. The van der Waals surface area contributed by atoms with Gasteiger partial charge in [-0.25, -0.2) is 4.79 Å². The van der Waals surface area contributed by atoms with Crippen LogP contribution in [0.4, 0.5) is 0 Å². The van der Waals surface area contributed by atoms with E-state index in [0.29, 0.717) is 31.5 Å². The number of hydrogen-bond donors (Lipinski definition) is 0. The Morgan fingerprint density at radius 1 is 1.25 bits per heavy atom. The molecule has 1 saturated heterocycles. The van der Waals surface area contributed by atoms with Crippen LogP contribution in [0.25, 0.3) is 6.08 Å². The Bertz CT molecular complexity index is 623. The molecule has 1 aromatic carbocycles. The van der Waals surface area contributed by atoms with Gasteiger partial charge >= 0.3 is 5.97 Å². The van der Waals surface area contributed by atoms with E-state index in [-0.39, 0.29) is 18.0 Å². The molecule has 4 nitrogen and oxygen atoms in total. The van der Waals surface area contributed by atoms with Gasteiger partial charge < -0.3 is 9.64 Å². The van der Waals surface area contributed by atoms with Crippen molar-refractivity contribution in [3.05, 3.63) is 53.6 Å². The molecule has 0 aliphatic carbocycles. The minimum Gasteiger partial charge on any atom is -0.459 e. The second-order valence-electron chi connectivity index (χ2n) is 6.14. The van der Waals surface area contributed by atoms with E-state index in [0.717, 1.165) is 12.0 Å². The molecule has 1 aromatic rings. The molecule has 0 unspecified atom stereocenters. The Morgan fingerprint density at radius 2 is 1.88 bits per heavy atom. The van der Waals surface area contributed by atoms with Crippen molar-refractivity contribution in [2.24, 2.45) is 0 Å². The van der Waals surface area contributed by atoms with Gasteiger partial charge in [0.2, 0.25) is 5.91 Å². The van der Waals surface area contributed by atoms with Crippen molar-refractivity contribution in [2.75, 3.05) is 13.1 Å². The Kier molecular flexibility index (Phi) is 6.36. The van der Waals surface area contributed by atoms with Crippen LogP contribution in [0.5, 0.6) is 0 Å². The second-order valence-corrected chi connectivity index (χ2v) is 6.14. The summed E-state index contributed by atoms with van der Waals surface area (Å²) in [5.74, 6) is -0.352. The lowest BCUT2D eigenvalue weighted by Crippen LogP contribution is -2.40. The Labute approximate surface area is 143 Å². The van der Waals surface area contributed by atoms with Crippen LogP contribution in [0.3, 0.4) is 0 Å². The van der Waals surface area contributed by atoms with Crippen LogP contribution >= 0.6 is 0 Å². The van der Waals surface area contributed by atoms with Gasteiger partial charge in [0.05, 0.1) is 0 Å². The van der Waals surface area contributed by atoms with Crippen molar-refractivity contribution >= 4 is 18.0 Å². The first kappa shape index (κ1) is 18.0. The number of amides is 1. The maximum absolute atomic E-state index is 12.2. The summed E-state index contributed by atoms with van der Waals surface area (Å²) in [7, 11) is 0. The van der Waals surface area contributed by atoms with Gasteiger partial charge in [-0.15, -0.1) is 0 Å². The second kappa shape index (κ2) is 8.48. The van der Waals surface area contributed by atoms with Crippen LogP contribution in [-0.4, -0.2) is 36.0 Å². The molecule has 0 radical (unpaired) electrons. The van der Waals surface area contributed by atoms with Crippen LogP contribution in [0, 0.1) is 0 Å². The molecule has 1 amide bonds. The first-order valence-corrected chi connectivity index (χ1v) is 8.42. The number of ether oxygens (including phenoxy) is 1. The van der Waals surface area contributed by atoms with Gasteiger partial charge in [0.25, 0.3) is 0 Å². The van der Waals surface area contributed by atoms with Crippen molar-refractivity contribution in [1.29, 1.82) is 0 Å². The third kappa shape index (κ3) is 5.08. The number of nitrogens with zero attached hydrogens (tertiary/aromatic N) is 1. The number of rotatable bonds is 5. The summed E-state index contributed by atoms with van der Waals surface area (Å²) in [6.07, 6.45) is 5.68. The molecule has 0 saturated carbocycles. The molecule has 0 spiro atoms. The molecule has 1 fully saturated rings. The number of piperidine rings is 1. The predicted octanol–water partition coefficient (Wildman–Crippen LogP) is 3.37. The highest BCUT2D eigenvalue weighted by molar-refractivity contribution is 5.92. The van der Waals surface area contributed by atoms with Gasteiger partial charge in [0.15, 0.2) is 0 Å². The number of carbonyl (C=O) groups is 2. The van der Waals surface area contributed by atoms with Crippen LogP contribution in [0.2, 0.25) is 0 Å². The van der Waals surface area contributed by atoms with Crippen LogP contribution < -0.4 is 0 Å². The highest BCUT2D eigenvalue weighted by Gasteiger charge is 2.24. The molecule has 128 valence electrons. The summed E-state index contributed by atoms with van der Waals surface area (Å²) in [5.41, 5.74) is 2.71. The lowest BCUT2D eigenvalue weighted by Gasteiger charge is -2.31. The third-order valence-corrected chi connectivity index (χ3v) is 4.18. The van der Waals surface area contributed by atoms with E-state index in [4.69, 9.17) is 4.74 Å². The molecule has 0 aromatic heterocycles. The minimum atomic E-state index is -0.352. The lowest BCUT2D eigenvalue weighted by molar-refractivity contribution is -0.147. The highest BCUT2D eigenvalue weighted by Crippen LogP contribution is 2.16. The first-order chi connectivity index (χ1) is 11.5. The van der Waals surface area contributed by atoms with Gasteiger partial charge in [-0.1, -0.05) is 37.8 Å². The lowest BCUT2D eigenvalue weighted by atomic mass is 10.1. The van der Waals surface area contributed by atoms with Crippen molar-refractivity contribution < 1.29 is 14.3 Å². The molecule has 24 heavy (non-hydrogen) atoms. The summed E-state index contributed by atoms with van der Waals surface area (Å²) in [6.45, 7) is 8.54. The molecule has 0 atom stereocenters. The fourth-order valence-corrected chi connectivity index (χ4v) is 2.58. The standard InChI is InChI=1S/C20H25NO3/c1-4-16-5-7-17(8-6-16)9-10-19(22)21-13-11-18(12-14-21)24-20(23)15(2)3/h5-10,18H,2,4,11-14H2,1,3H3/b10-9+. The number of carbonyl (C=O) groups excluding carboxylic acids is 2. The average molecular weight is 327 g/mol. The Balaban J connectivity index is 1.82. The largest absolute Gasteiger partial charge is 0.459 e. The van der Waals surface area contributed by atoms with E-state index < -0.39 is 0 Å². The molecule has 4 heteroatoms. The van der Waals surface area contributed by atoms with Crippen LogP contribution in [-0.2, 0) is 20.7 Å². The van der Waals surface area contributed by atoms with E-state index in [9.17, 15) is 9.59 Å². The van der Waals surface area contributed by atoms with Crippen molar-refractivity contribution in [3.63, 3.8) is 0 Å². The van der Waals surface area contributed by atoms with Gasteiger partial charge in [-0.3, -0.25) is 4.79 Å². The molecule has 0 bridgehead atoms. The van der Waals surface area contributed by atoms with Gasteiger partial charge in [-0.05, 0) is 30.5 Å². The Morgan fingerprint density at radius 3 is 2.42 bits per heavy atom. The number of benzene rings is 1. The van der Waals surface area contributed by atoms with Crippen LogP contribution in [0.15, 0.2) is 42.5 Å². The average Bonchev–Trinajstić information content (AvgIpc) is 2.60. The number of esters is 1. The summed E-state index contributed by atoms with van der Waals surface area (Å²) in [6, 6.07) is 8.19. The van der Waals surface area contributed by atoms with Crippen LogP contribution in [0.1, 0.15) is 37.8 Å². The molecular weight excluding hydrogens is 302 g/mol. The zero-order chi connectivity index (χ0) is 17.5. The smallest absolute Gasteiger partial charge is 0.333 e. The van der Waals surface area contributed by atoms with E-state index in [1.54, 1.807) is 17.9 Å². The van der Waals surface area contributed by atoms with Gasteiger partial charge in [0.1, 0.15) is 6.10 Å². The molecule has 2 rings (SSSR count). The predicted molar refractivity (Wildman–Crippen MR) is 95.4 cm³/mol. The molecule has 0 N–H and O–H groups in total. The highest BCUT2D eigenvalue weighted by atomic mass is 16.5. The summed E-state index contributed by atoms with van der Waals surface area (Å²) in [5, 5.41) is 0.